The Bertz CT molecular complexity index is 138. The van der Waals surface area contributed by atoms with E-state index in [1.54, 1.807) is 0 Å². The SMILES string of the molecule is NC(=S)NCCC[Si](O)(O)O. The van der Waals surface area contributed by atoms with Crippen molar-refractivity contribution >= 4 is 26.1 Å². The van der Waals surface area contributed by atoms with Gasteiger partial charge in [-0.25, -0.2) is 0 Å². The van der Waals surface area contributed by atoms with Gasteiger partial charge in [-0.1, -0.05) is 0 Å². The van der Waals surface area contributed by atoms with E-state index in [1.807, 2.05) is 0 Å². The minimum atomic E-state index is -3.85. The Balaban J connectivity index is 3.22. The second-order valence-corrected chi connectivity index (χ2v) is 4.66. The number of hydrogen-bond donors (Lipinski definition) is 5. The smallest absolute Gasteiger partial charge is 0.390 e. The van der Waals surface area contributed by atoms with Crippen molar-refractivity contribution in [2.75, 3.05) is 6.54 Å². The molecule has 0 bridgehead atoms. The molecule has 0 heterocycles. The summed E-state index contributed by atoms with van der Waals surface area (Å²) in [5.41, 5.74) is 5.09. The van der Waals surface area contributed by atoms with Crippen molar-refractivity contribution in [1.29, 1.82) is 0 Å². The Morgan fingerprint density at radius 2 is 2.00 bits per heavy atom. The fourth-order valence-electron chi connectivity index (χ4n) is 0.537. The lowest BCUT2D eigenvalue weighted by molar-refractivity contribution is 0.226. The molecule has 66 valence electrons. The summed E-state index contributed by atoms with van der Waals surface area (Å²) in [5.74, 6) is 0. The molecule has 0 atom stereocenters. The van der Waals surface area contributed by atoms with E-state index in [4.69, 9.17) is 20.1 Å². The van der Waals surface area contributed by atoms with Crippen LogP contribution in [0.1, 0.15) is 6.42 Å². The Hall–Kier alpha value is -0.213. The molecule has 0 saturated carbocycles. The van der Waals surface area contributed by atoms with Crippen molar-refractivity contribution in [3.63, 3.8) is 0 Å². The van der Waals surface area contributed by atoms with Gasteiger partial charge in [0.1, 0.15) is 0 Å². The van der Waals surface area contributed by atoms with Gasteiger partial charge in [-0.15, -0.1) is 0 Å². The van der Waals surface area contributed by atoms with Crippen LogP contribution in [-0.2, 0) is 0 Å². The largest absolute Gasteiger partial charge is 0.492 e. The Morgan fingerprint density at radius 3 is 2.36 bits per heavy atom. The summed E-state index contributed by atoms with van der Waals surface area (Å²) in [6.07, 6.45) is 0.438. The Labute approximate surface area is 71.2 Å². The monoisotopic (exact) mass is 196 g/mol. The standard InChI is InChI=1S/C4H12N2O3SSi/c5-4(10)6-2-1-3-11(7,8)9/h7-9H,1-3H2,(H3,5,6,10). The van der Waals surface area contributed by atoms with Gasteiger partial charge >= 0.3 is 8.80 Å². The van der Waals surface area contributed by atoms with Gasteiger partial charge in [-0.3, -0.25) is 0 Å². The van der Waals surface area contributed by atoms with Crippen molar-refractivity contribution in [1.82, 2.24) is 5.32 Å². The molecule has 0 aromatic rings. The molecule has 0 rings (SSSR count). The van der Waals surface area contributed by atoms with Gasteiger partial charge < -0.3 is 25.4 Å². The zero-order valence-corrected chi connectivity index (χ0v) is 7.77. The number of thiocarbonyl (C=S) groups is 1. The van der Waals surface area contributed by atoms with Crippen molar-refractivity contribution < 1.29 is 14.4 Å². The number of rotatable bonds is 4. The zero-order chi connectivity index (χ0) is 8.91. The average molecular weight is 196 g/mol. The maximum atomic E-state index is 8.54. The minimum absolute atomic E-state index is 0.00259. The lowest BCUT2D eigenvalue weighted by Crippen LogP contribution is -2.36. The van der Waals surface area contributed by atoms with Crippen LogP contribution in [0, 0.1) is 0 Å². The average Bonchev–Trinajstić information content (AvgIpc) is 1.78. The molecule has 0 fully saturated rings. The van der Waals surface area contributed by atoms with Crippen LogP contribution >= 0.6 is 12.2 Å². The maximum absolute atomic E-state index is 8.54. The molecule has 0 aliphatic heterocycles. The first kappa shape index (κ1) is 10.8. The summed E-state index contributed by atoms with van der Waals surface area (Å²) < 4.78 is 0. The first-order chi connectivity index (χ1) is 4.92. The molecule has 0 aromatic heterocycles. The highest BCUT2D eigenvalue weighted by Crippen LogP contribution is 1.98. The molecule has 0 amide bonds. The van der Waals surface area contributed by atoms with Crippen LogP contribution in [0.3, 0.4) is 0 Å². The summed E-state index contributed by atoms with van der Waals surface area (Å²) in [5, 5.41) is 2.79. The third-order valence-corrected chi connectivity index (χ3v) is 2.16. The summed E-state index contributed by atoms with van der Waals surface area (Å²) >= 11 is 4.49. The third kappa shape index (κ3) is 9.79. The van der Waals surface area contributed by atoms with E-state index in [2.05, 4.69) is 17.5 Å². The minimum Gasteiger partial charge on any atom is -0.390 e. The van der Waals surface area contributed by atoms with Gasteiger partial charge in [-0.2, -0.15) is 0 Å². The van der Waals surface area contributed by atoms with Gasteiger partial charge in [-0.05, 0) is 18.6 Å². The van der Waals surface area contributed by atoms with E-state index in [0.717, 1.165) is 0 Å². The molecule has 0 aliphatic rings. The lowest BCUT2D eigenvalue weighted by atomic mass is 10.5. The van der Waals surface area contributed by atoms with E-state index < -0.39 is 8.80 Å². The van der Waals surface area contributed by atoms with Crippen LogP contribution in [0.25, 0.3) is 0 Å². The topological polar surface area (TPSA) is 98.7 Å². The molecule has 11 heavy (non-hydrogen) atoms. The second kappa shape index (κ2) is 4.62. The van der Waals surface area contributed by atoms with Gasteiger partial charge in [0.25, 0.3) is 0 Å². The van der Waals surface area contributed by atoms with E-state index in [9.17, 15) is 0 Å². The van der Waals surface area contributed by atoms with Crippen LogP contribution in [0.15, 0.2) is 0 Å². The molecule has 7 heteroatoms. The third-order valence-electron chi connectivity index (χ3n) is 0.988. The van der Waals surface area contributed by atoms with Crippen molar-refractivity contribution in [2.45, 2.75) is 12.5 Å². The summed E-state index contributed by atoms with van der Waals surface area (Å²) in [6.45, 7) is 0.450. The van der Waals surface area contributed by atoms with Gasteiger partial charge in [0.05, 0.1) is 0 Å². The van der Waals surface area contributed by atoms with Crippen molar-refractivity contribution in [3.05, 3.63) is 0 Å². The predicted octanol–water partition coefficient (Wildman–Crippen LogP) is -1.87. The Kier molecular flexibility index (Phi) is 4.53. The van der Waals surface area contributed by atoms with Gasteiger partial charge in [0.2, 0.25) is 0 Å². The van der Waals surface area contributed by atoms with Crippen molar-refractivity contribution in [3.8, 4) is 0 Å². The van der Waals surface area contributed by atoms with Crippen LogP contribution < -0.4 is 11.1 Å². The summed E-state index contributed by atoms with van der Waals surface area (Å²) in [6, 6.07) is 0.00259. The maximum Gasteiger partial charge on any atom is 0.492 e. The van der Waals surface area contributed by atoms with E-state index in [1.165, 1.54) is 0 Å². The molecule has 0 radical (unpaired) electrons. The number of hydrogen-bond acceptors (Lipinski definition) is 4. The highest BCUT2D eigenvalue weighted by atomic mass is 32.1. The molecular weight excluding hydrogens is 184 g/mol. The molecule has 5 nitrogen and oxygen atoms in total. The first-order valence-corrected chi connectivity index (χ1v) is 5.58. The fraction of sp³-hybridized carbons (Fsp3) is 0.750. The zero-order valence-electron chi connectivity index (χ0n) is 5.95. The van der Waals surface area contributed by atoms with E-state index in [0.29, 0.717) is 13.0 Å². The Morgan fingerprint density at radius 1 is 1.45 bits per heavy atom. The molecule has 6 N–H and O–H groups in total. The van der Waals surface area contributed by atoms with Gasteiger partial charge in [0.15, 0.2) is 5.11 Å². The normalized spacial score (nSPS) is 11.2. The molecule has 0 aliphatic carbocycles. The van der Waals surface area contributed by atoms with Crippen LogP contribution in [0.2, 0.25) is 6.04 Å². The second-order valence-electron chi connectivity index (χ2n) is 2.17. The highest BCUT2D eigenvalue weighted by Gasteiger charge is 2.25. The van der Waals surface area contributed by atoms with Crippen LogP contribution in [0.4, 0.5) is 0 Å². The summed E-state index contributed by atoms with van der Waals surface area (Å²) in [7, 11) is -3.85. The van der Waals surface area contributed by atoms with Crippen LogP contribution in [-0.4, -0.2) is 34.8 Å². The molecule has 0 saturated heterocycles. The van der Waals surface area contributed by atoms with E-state index in [-0.39, 0.29) is 11.2 Å². The first-order valence-electron chi connectivity index (χ1n) is 3.12. The lowest BCUT2D eigenvalue weighted by Gasteiger charge is -2.08. The molecule has 0 unspecified atom stereocenters. The number of nitrogens with one attached hydrogen (secondary N) is 1. The number of nitrogens with two attached hydrogens (primary N) is 1. The fourth-order valence-corrected chi connectivity index (χ4v) is 1.29. The van der Waals surface area contributed by atoms with Crippen LogP contribution in [0.5, 0.6) is 0 Å². The van der Waals surface area contributed by atoms with E-state index >= 15 is 0 Å². The molecule has 0 aromatic carbocycles. The summed E-state index contributed by atoms with van der Waals surface area (Å²) in [4.78, 5) is 25.6. The van der Waals surface area contributed by atoms with Crippen molar-refractivity contribution in [2.24, 2.45) is 5.73 Å². The quantitative estimate of drug-likeness (QED) is 0.205. The molecule has 0 spiro atoms. The highest BCUT2D eigenvalue weighted by molar-refractivity contribution is 7.80. The molecular formula is C4H12N2O3SSi. The predicted molar refractivity (Wildman–Crippen MR) is 46.6 cm³/mol. The van der Waals surface area contributed by atoms with Gasteiger partial charge in [0, 0.05) is 12.6 Å².